The fourth-order valence-corrected chi connectivity index (χ4v) is 2.49. The molecular weight excluding hydrogens is 285 g/mol. The van der Waals surface area contributed by atoms with Crippen molar-refractivity contribution in [3.8, 4) is 0 Å². The molecule has 1 atom stereocenters. The Bertz CT molecular complexity index is 529. The lowest BCUT2D eigenvalue weighted by Crippen LogP contribution is -2.33. The number of halogens is 3. The summed E-state index contributed by atoms with van der Waals surface area (Å²) >= 11 is 0. The molecular formula is C13H19F3N4O. The summed E-state index contributed by atoms with van der Waals surface area (Å²) in [7, 11) is 0. The zero-order valence-corrected chi connectivity index (χ0v) is 11.8. The normalized spacial score (nSPS) is 19.9. The van der Waals surface area contributed by atoms with Gasteiger partial charge in [-0.25, -0.2) is 4.98 Å². The van der Waals surface area contributed by atoms with Gasteiger partial charge < -0.3 is 10.3 Å². The molecule has 2 rings (SSSR count). The number of nitrogens with one attached hydrogen (secondary N) is 2. The van der Waals surface area contributed by atoms with Crippen LogP contribution < -0.4 is 10.9 Å². The summed E-state index contributed by atoms with van der Waals surface area (Å²) in [5, 5.41) is 3.05. The molecule has 0 amide bonds. The molecule has 2 N–H and O–H groups in total. The summed E-state index contributed by atoms with van der Waals surface area (Å²) in [6, 6.07) is 1.36. The van der Waals surface area contributed by atoms with E-state index >= 15 is 0 Å². The van der Waals surface area contributed by atoms with Crippen LogP contribution in [0.5, 0.6) is 0 Å². The predicted octanol–water partition coefficient (Wildman–Crippen LogP) is 1.63. The van der Waals surface area contributed by atoms with Crippen molar-refractivity contribution < 1.29 is 13.2 Å². The Balaban J connectivity index is 1.84. The number of hydrogen-bond donors (Lipinski definition) is 2. The molecule has 1 aliphatic rings. The number of nitrogens with zero attached hydrogens (tertiary/aromatic N) is 2. The van der Waals surface area contributed by atoms with E-state index in [1.807, 2.05) is 6.92 Å². The molecule has 1 unspecified atom stereocenters. The molecule has 0 aliphatic carbocycles. The van der Waals surface area contributed by atoms with Gasteiger partial charge in [0.1, 0.15) is 11.6 Å². The summed E-state index contributed by atoms with van der Waals surface area (Å²) < 4.78 is 36.9. The Morgan fingerprint density at radius 3 is 2.95 bits per heavy atom. The smallest absolute Gasteiger partial charge is 0.370 e. The van der Waals surface area contributed by atoms with Crippen LogP contribution in [0.15, 0.2) is 10.9 Å². The fourth-order valence-electron chi connectivity index (χ4n) is 2.49. The molecule has 2 heterocycles. The Labute approximate surface area is 120 Å². The van der Waals surface area contributed by atoms with Crippen molar-refractivity contribution in [3.63, 3.8) is 0 Å². The van der Waals surface area contributed by atoms with Crippen molar-refractivity contribution >= 4 is 5.82 Å². The van der Waals surface area contributed by atoms with Crippen molar-refractivity contribution in [2.45, 2.75) is 25.9 Å². The van der Waals surface area contributed by atoms with E-state index in [4.69, 9.17) is 0 Å². The van der Waals surface area contributed by atoms with E-state index in [0.29, 0.717) is 44.1 Å². The number of aromatic nitrogens is 2. The maximum absolute atomic E-state index is 12.3. The first-order valence-electron chi connectivity index (χ1n) is 6.99. The van der Waals surface area contributed by atoms with Gasteiger partial charge in [0.15, 0.2) is 0 Å². The van der Waals surface area contributed by atoms with Gasteiger partial charge in [-0.3, -0.25) is 9.69 Å². The standard InChI is InChI=1S/C13H19F3N4O/c1-2-10-18-11(5-12(21)19-10)17-6-9-3-4-20(7-9)8-13(14,15)16/h5,9H,2-4,6-8H2,1H3,(H2,17,18,19,21). The van der Waals surface area contributed by atoms with Gasteiger partial charge in [-0.15, -0.1) is 0 Å². The minimum Gasteiger partial charge on any atom is -0.370 e. The first kappa shape index (κ1) is 15.8. The molecule has 1 aromatic rings. The highest BCUT2D eigenvalue weighted by molar-refractivity contribution is 5.33. The largest absolute Gasteiger partial charge is 0.401 e. The van der Waals surface area contributed by atoms with E-state index in [-0.39, 0.29) is 11.5 Å². The number of hydrogen-bond acceptors (Lipinski definition) is 4. The lowest BCUT2D eigenvalue weighted by Gasteiger charge is -2.18. The average molecular weight is 304 g/mol. The van der Waals surface area contributed by atoms with E-state index in [0.717, 1.165) is 0 Å². The van der Waals surface area contributed by atoms with Gasteiger partial charge in [-0.05, 0) is 18.9 Å². The summed E-state index contributed by atoms with van der Waals surface area (Å²) in [4.78, 5) is 19.7. The highest BCUT2D eigenvalue weighted by Crippen LogP contribution is 2.22. The zero-order chi connectivity index (χ0) is 15.5. The third-order valence-corrected chi connectivity index (χ3v) is 3.47. The molecule has 0 spiro atoms. The molecule has 1 fully saturated rings. The van der Waals surface area contributed by atoms with Crippen molar-refractivity contribution in [2.75, 3.05) is 31.5 Å². The average Bonchev–Trinajstić information content (AvgIpc) is 2.81. The minimum atomic E-state index is -4.15. The summed E-state index contributed by atoms with van der Waals surface area (Å²) in [6.45, 7) is 2.42. The molecule has 5 nitrogen and oxygen atoms in total. The van der Waals surface area contributed by atoms with Crippen LogP contribution in [0.25, 0.3) is 0 Å². The van der Waals surface area contributed by atoms with Crippen molar-refractivity contribution in [1.82, 2.24) is 14.9 Å². The van der Waals surface area contributed by atoms with Crippen molar-refractivity contribution in [3.05, 3.63) is 22.2 Å². The first-order valence-corrected chi connectivity index (χ1v) is 6.99. The second kappa shape index (κ2) is 6.46. The quantitative estimate of drug-likeness (QED) is 0.868. The van der Waals surface area contributed by atoms with Crippen LogP contribution in [-0.4, -0.2) is 47.2 Å². The molecule has 1 aliphatic heterocycles. The predicted molar refractivity (Wildman–Crippen MR) is 73.3 cm³/mol. The second-order valence-corrected chi connectivity index (χ2v) is 5.32. The molecule has 0 saturated carbocycles. The lowest BCUT2D eigenvalue weighted by atomic mass is 10.1. The third kappa shape index (κ3) is 5.04. The Hall–Kier alpha value is -1.57. The van der Waals surface area contributed by atoms with E-state index in [2.05, 4.69) is 15.3 Å². The van der Waals surface area contributed by atoms with Crippen LogP contribution in [0, 0.1) is 5.92 Å². The number of likely N-dealkylation sites (tertiary alicyclic amines) is 1. The molecule has 0 aromatic carbocycles. The maximum atomic E-state index is 12.3. The molecule has 1 aromatic heterocycles. The number of alkyl halides is 3. The van der Waals surface area contributed by atoms with Crippen LogP contribution in [0.2, 0.25) is 0 Å². The number of anilines is 1. The van der Waals surface area contributed by atoms with Gasteiger partial charge in [0.25, 0.3) is 5.56 Å². The van der Waals surface area contributed by atoms with E-state index in [1.54, 1.807) is 0 Å². The molecule has 0 bridgehead atoms. The Kier molecular flexibility index (Phi) is 4.87. The molecule has 8 heteroatoms. The second-order valence-electron chi connectivity index (χ2n) is 5.32. The molecule has 0 radical (unpaired) electrons. The van der Waals surface area contributed by atoms with Crippen LogP contribution in [0.4, 0.5) is 19.0 Å². The Morgan fingerprint density at radius 1 is 1.52 bits per heavy atom. The third-order valence-electron chi connectivity index (χ3n) is 3.47. The van der Waals surface area contributed by atoms with Gasteiger partial charge in [0.2, 0.25) is 0 Å². The fraction of sp³-hybridized carbons (Fsp3) is 0.692. The summed E-state index contributed by atoms with van der Waals surface area (Å²) in [6.07, 6.45) is -2.81. The van der Waals surface area contributed by atoms with Crippen LogP contribution in [0.3, 0.4) is 0 Å². The minimum absolute atomic E-state index is 0.138. The summed E-state index contributed by atoms with van der Waals surface area (Å²) in [5.41, 5.74) is -0.227. The molecule has 118 valence electrons. The van der Waals surface area contributed by atoms with Gasteiger partial charge in [0, 0.05) is 25.6 Å². The highest BCUT2D eigenvalue weighted by atomic mass is 19.4. The summed E-state index contributed by atoms with van der Waals surface area (Å²) in [5.74, 6) is 1.21. The van der Waals surface area contributed by atoms with Gasteiger partial charge in [-0.1, -0.05) is 6.92 Å². The lowest BCUT2D eigenvalue weighted by molar-refractivity contribution is -0.143. The van der Waals surface area contributed by atoms with Gasteiger partial charge >= 0.3 is 6.18 Å². The van der Waals surface area contributed by atoms with E-state index in [1.165, 1.54) is 11.0 Å². The number of aromatic amines is 1. The number of H-pyrrole nitrogens is 1. The first-order chi connectivity index (χ1) is 9.85. The molecule has 1 saturated heterocycles. The van der Waals surface area contributed by atoms with Crippen LogP contribution >= 0.6 is 0 Å². The number of rotatable bonds is 5. The van der Waals surface area contributed by atoms with Gasteiger partial charge in [0.05, 0.1) is 6.54 Å². The van der Waals surface area contributed by atoms with E-state index < -0.39 is 12.7 Å². The highest BCUT2D eigenvalue weighted by Gasteiger charge is 2.34. The maximum Gasteiger partial charge on any atom is 0.401 e. The SMILES string of the molecule is CCc1nc(NCC2CCN(CC(F)(F)F)C2)cc(=O)[nH]1. The van der Waals surface area contributed by atoms with E-state index in [9.17, 15) is 18.0 Å². The zero-order valence-electron chi connectivity index (χ0n) is 11.8. The monoisotopic (exact) mass is 304 g/mol. The topological polar surface area (TPSA) is 61.0 Å². The van der Waals surface area contributed by atoms with Crippen LogP contribution in [0.1, 0.15) is 19.2 Å². The van der Waals surface area contributed by atoms with Crippen LogP contribution in [-0.2, 0) is 6.42 Å². The molecule has 21 heavy (non-hydrogen) atoms. The van der Waals surface area contributed by atoms with Crippen molar-refractivity contribution in [1.29, 1.82) is 0 Å². The van der Waals surface area contributed by atoms with Crippen molar-refractivity contribution in [2.24, 2.45) is 5.92 Å². The number of aryl methyl sites for hydroxylation is 1. The Morgan fingerprint density at radius 2 is 2.29 bits per heavy atom. The van der Waals surface area contributed by atoms with Gasteiger partial charge in [-0.2, -0.15) is 13.2 Å².